The molecule has 3 nitrogen and oxygen atoms in total. The standard InChI is InChI=1S/C17H20N2O/c1-18(2)14-7-5-12-9-13-6-8-15(19(3)4)11-17(13)20-16(12)10-14/h5-11,16H,1-4H3. The van der Waals surface area contributed by atoms with Gasteiger partial charge in [0.1, 0.15) is 11.9 Å². The Morgan fingerprint density at radius 1 is 1.00 bits per heavy atom. The third-order valence-electron chi connectivity index (χ3n) is 3.70. The summed E-state index contributed by atoms with van der Waals surface area (Å²) < 4.78 is 6.16. The highest BCUT2D eigenvalue weighted by Gasteiger charge is 2.23. The maximum Gasteiger partial charge on any atom is 0.144 e. The second kappa shape index (κ2) is 4.75. The van der Waals surface area contributed by atoms with Crippen molar-refractivity contribution in [3.05, 3.63) is 53.3 Å². The number of anilines is 1. The maximum absolute atomic E-state index is 6.16. The van der Waals surface area contributed by atoms with Crippen molar-refractivity contribution in [2.24, 2.45) is 0 Å². The van der Waals surface area contributed by atoms with Gasteiger partial charge in [0, 0.05) is 51.2 Å². The summed E-state index contributed by atoms with van der Waals surface area (Å²) in [6, 6.07) is 6.34. The quantitative estimate of drug-likeness (QED) is 0.820. The lowest BCUT2D eigenvalue weighted by Gasteiger charge is -2.29. The average molecular weight is 268 g/mol. The van der Waals surface area contributed by atoms with Crippen LogP contribution < -0.4 is 9.64 Å². The first-order valence-electron chi connectivity index (χ1n) is 6.81. The summed E-state index contributed by atoms with van der Waals surface area (Å²) in [5, 5.41) is 0. The van der Waals surface area contributed by atoms with Gasteiger partial charge in [-0.1, -0.05) is 6.08 Å². The van der Waals surface area contributed by atoms with Crippen LogP contribution >= 0.6 is 0 Å². The first kappa shape index (κ1) is 12.9. The predicted molar refractivity (Wildman–Crippen MR) is 84.1 cm³/mol. The molecule has 0 fully saturated rings. The van der Waals surface area contributed by atoms with E-state index >= 15 is 0 Å². The third-order valence-corrected chi connectivity index (χ3v) is 3.70. The van der Waals surface area contributed by atoms with Crippen molar-refractivity contribution in [3.8, 4) is 5.75 Å². The molecule has 0 spiro atoms. The normalized spacial score (nSPS) is 19.3. The molecule has 104 valence electrons. The highest BCUT2D eigenvalue weighted by Crippen LogP contribution is 2.35. The molecule has 2 aliphatic rings. The molecule has 3 rings (SSSR count). The van der Waals surface area contributed by atoms with Crippen LogP contribution in [0.15, 0.2) is 47.7 Å². The van der Waals surface area contributed by atoms with Gasteiger partial charge in [-0.25, -0.2) is 0 Å². The Balaban J connectivity index is 1.97. The fourth-order valence-corrected chi connectivity index (χ4v) is 2.45. The van der Waals surface area contributed by atoms with Gasteiger partial charge in [-0.3, -0.25) is 0 Å². The minimum atomic E-state index is 0.0160. The molecule has 0 amide bonds. The van der Waals surface area contributed by atoms with Crippen LogP contribution in [0.5, 0.6) is 5.75 Å². The zero-order valence-corrected chi connectivity index (χ0v) is 12.4. The van der Waals surface area contributed by atoms with Gasteiger partial charge >= 0.3 is 0 Å². The Hall–Kier alpha value is -2.16. The zero-order valence-electron chi connectivity index (χ0n) is 12.4. The van der Waals surface area contributed by atoms with E-state index in [9.17, 15) is 0 Å². The van der Waals surface area contributed by atoms with Gasteiger partial charge in [0.05, 0.1) is 0 Å². The number of benzene rings is 1. The summed E-state index contributed by atoms with van der Waals surface area (Å²) in [4.78, 5) is 4.19. The number of hydrogen-bond acceptors (Lipinski definition) is 3. The molecule has 0 N–H and O–H groups in total. The summed E-state index contributed by atoms with van der Waals surface area (Å²) in [7, 11) is 8.18. The van der Waals surface area contributed by atoms with E-state index in [-0.39, 0.29) is 6.10 Å². The van der Waals surface area contributed by atoms with Crippen LogP contribution in [0, 0.1) is 0 Å². The molecule has 1 aromatic rings. The number of rotatable bonds is 2. The summed E-state index contributed by atoms with van der Waals surface area (Å²) >= 11 is 0. The molecule has 1 aromatic carbocycles. The second-order valence-corrected chi connectivity index (χ2v) is 5.62. The number of fused-ring (bicyclic) bond motifs is 2. The van der Waals surface area contributed by atoms with Crippen molar-refractivity contribution in [3.63, 3.8) is 0 Å². The van der Waals surface area contributed by atoms with Crippen molar-refractivity contribution in [2.45, 2.75) is 6.10 Å². The smallest absolute Gasteiger partial charge is 0.144 e. The van der Waals surface area contributed by atoms with Crippen molar-refractivity contribution < 1.29 is 4.74 Å². The lowest BCUT2D eigenvalue weighted by molar-refractivity contribution is 0.279. The molecule has 1 atom stereocenters. The van der Waals surface area contributed by atoms with Crippen LogP contribution in [0.3, 0.4) is 0 Å². The van der Waals surface area contributed by atoms with Crippen molar-refractivity contribution in [1.82, 2.24) is 4.90 Å². The summed E-state index contributed by atoms with van der Waals surface area (Å²) in [5.41, 5.74) is 4.69. The molecular weight excluding hydrogens is 248 g/mol. The van der Waals surface area contributed by atoms with Crippen LogP contribution in [0.25, 0.3) is 6.08 Å². The van der Waals surface area contributed by atoms with Crippen LogP contribution in [-0.2, 0) is 0 Å². The van der Waals surface area contributed by atoms with Gasteiger partial charge in [0.25, 0.3) is 0 Å². The second-order valence-electron chi connectivity index (χ2n) is 5.62. The Labute approximate surface area is 120 Å². The summed E-state index contributed by atoms with van der Waals surface area (Å²) in [5.74, 6) is 0.953. The molecule has 0 bridgehead atoms. The molecule has 0 saturated carbocycles. The van der Waals surface area contributed by atoms with Crippen LogP contribution in [-0.4, -0.2) is 39.2 Å². The number of ether oxygens (including phenoxy) is 1. The minimum absolute atomic E-state index is 0.0160. The molecule has 0 aromatic heterocycles. The fraction of sp³-hybridized carbons (Fsp3) is 0.294. The van der Waals surface area contributed by atoms with Gasteiger partial charge in [0.2, 0.25) is 0 Å². The molecule has 1 aliphatic carbocycles. The Morgan fingerprint density at radius 3 is 2.50 bits per heavy atom. The Kier molecular flexibility index (Phi) is 3.05. The van der Waals surface area contributed by atoms with E-state index in [1.165, 1.54) is 11.3 Å². The molecule has 20 heavy (non-hydrogen) atoms. The van der Waals surface area contributed by atoms with Gasteiger partial charge < -0.3 is 14.5 Å². The van der Waals surface area contributed by atoms with Crippen LogP contribution in [0.4, 0.5) is 5.69 Å². The van der Waals surface area contributed by atoms with Crippen molar-refractivity contribution in [1.29, 1.82) is 0 Å². The molecule has 1 unspecified atom stereocenters. The monoisotopic (exact) mass is 268 g/mol. The lowest BCUT2D eigenvalue weighted by Crippen LogP contribution is -2.25. The average Bonchev–Trinajstić information content (AvgIpc) is 2.43. The summed E-state index contributed by atoms with van der Waals surface area (Å²) in [6.45, 7) is 0. The predicted octanol–water partition coefficient (Wildman–Crippen LogP) is 2.91. The van der Waals surface area contributed by atoms with Crippen LogP contribution in [0.1, 0.15) is 5.56 Å². The Morgan fingerprint density at radius 2 is 1.80 bits per heavy atom. The SMILES string of the molecule is CN(C)C1=CC2Oc3cc(N(C)C)ccc3C=C2C=C1. The van der Waals surface area contributed by atoms with E-state index in [4.69, 9.17) is 4.74 Å². The number of hydrogen-bond donors (Lipinski definition) is 0. The first-order valence-corrected chi connectivity index (χ1v) is 6.81. The third kappa shape index (κ3) is 2.20. The summed E-state index contributed by atoms with van der Waals surface area (Å²) in [6.07, 6.45) is 8.66. The molecule has 1 heterocycles. The lowest BCUT2D eigenvalue weighted by atomic mass is 9.96. The number of likely N-dealkylation sites (N-methyl/N-ethyl adjacent to an activating group) is 1. The molecule has 3 heteroatoms. The Bertz CT molecular complexity index is 624. The van der Waals surface area contributed by atoms with E-state index in [2.05, 4.69) is 52.3 Å². The van der Waals surface area contributed by atoms with Gasteiger partial charge in [-0.15, -0.1) is 0 Å². The first-order chi connectivity index (χ1) is 9.54. The molecule has 0 saturated heterocycles. The molecule has 0 radical (unpaired) electrons. The van der Waals surface area contributed by atoms with Crippen LogP contribution in [0.2, 0.25) is 0 Å². The van der Waals surface area contributed by atoms with Gasteiger partial charge in [-0.2, -0.15) is 0 Å². The van der Waals surface area contributed by atoms with Gasteiger partial charge in [-0.05, 0) is 35.9 Å². The van der Waals surface area contributed by atoms with E-state index in [1.807, 2.05) is 28.2 Å². The van der Waals surface area contributed by atoms with Crippen molar-refractivity contribution >= 4 is 11.8 Å². The van der Waals surface area contributed by atoms with E-state index < -0.39 is 0 Å². The highest BCUT2D eigenvalue weighted by molar-refractivity contribution is 5.70. The molecule has 1 aliphatic heterocycles. The minimum Gasteiger partial charge on any atom is -0.481 e. The van der Waals surface area contributed by atoms with Gasteiger partial charge in [0.15, 0.2) is 0 Å². The number of nitrogens with zero attached hydrogens (tertiary/aromatic N) is 2. The van der Waals surface area contributed by atoms with E-state index in [0.717, 1.165) is 17.0 Å². The van der Waals surface area contributed by atoms with E-state index in [0.29, 0.717) is 0 Å². The molecular formula is C17H20N2O. The fourth-order valence-electron chi connectivity index (χ4n) is 2.45. The number of allylic oxidation sites excluding steroid dienone is 1. The largest absolute Gasteiger partial charge is 0.481 e. The highest BCUT2D eigenvalue weighted by atomic mass is 16.5. The maximum atomic E-state index is 6.16. The topological polar surface area (TPSA) is 15.7 Å². The zero-order chi connectivity index (χ0) is 14.3. The van der Waals surface area contributed by atoms with Crippen molar-refractivity contribution in [2.75, 3.05) is 33.1 Å². The van der Waals surface area contributed by atoms with E-state index in [1.54, 1.807) is 0 Å².